The average molecular weight is 328 g/mol. The molecule has 1 fully saturated rings. The molecular formula is C18H24N4O2. The Kier molecular flexibility index (Phi) is 4.57. The van der Waals surface area contributed by atoms with Crippen LogP contribution in [0.2, 0.25) is 0 Å². The number of nitrogens with zero attached hydrogens (tertiary/aromatic N) is 4. The first kappa shape index (κ1) is 16.5. The van der Waals surface area contributed by atoms with Crippen molar-refractivity contribution in [3.63, 3.8) is 0 Å². The Morgan fingerprint density at radius 1 is 1.33 bits per heavy atom. The lowest BCUT2D eigenvalue weighted by atomic mass is 10.1. The summed E-state index contributed by atoms with van der Waals surface area (Å²) in [7, 11) is 5.54. The van der Waals surface area contributed by atoms with Crippen LogP contribution in [0.3, 0.4) is 0 Å². The summed E-state index contributed by atoms with van der Waals surface area (Å²) < 4.78 is 6.96. The topological polar surface area (TPSA) is 50.6 Å². The minimum Gasteiger partial charge on any atom is -0.497 e. The molecule has 1 aromatic carbocycles. The lowest BCUT2D eigenvalue weighted by molar-refractivity contribution is -0.121. The predicted molar refractivity (Wildman–Crippen MR) is 93.2 cm³/mol. The molecule has 2 aromatic rings. The van der Waals surface area contributed by atoms with Crippen molar-refractivity contribution in [1.29, 1.82) is 0 Å². The number of rotatable bonds is 5. The minimum atomic E-state index is -0.0951. The number of aryl methyl sites for hydroxylation is 2. The molecule has 0 N–H and O–H groups in total. The smallest absolute Gasteiger partial charge is 0.245 e. The van der Waals surface area contributed by atoms with E-state index < -0.39 is 0 Å². The Balaban J connectivity index is 1.68. The van der Waals surface area contributed by atoms with Crippen LogP contribution in [-0.4, -0.2) is 47.3 Å². The maximum atomic E-state index is 12.8. The summed E-state index contributed by atoms with van der Waals surface area (Å²) in [5.41, 5.74) is 2.09. The summed E-state index contributed by atoms with van der Waals surface area (Å²) in [6.07, 6.45) is 0.829. The second-order valence-electron chi connectivity index (χ2n) is 6.33. The lowest BCUT2D eigenvalue weighted by Crippen LogP contribution is -2.39. The third-order valence-electron chi connectivity index (χ3n) is 4.55. The molecule has 0 radical (unpaired) electrons. The number of hydrogen-bond acceptors (Lipinski definition) is 4. The lowest BCUT2D eigenvalue weighted by Gasteiger charge is -2.23. The van der Waals surface area contributed by atoms with Crippen molar-refractivity contribution >= 4 is 11.7 Å². The van der Waals surface area contributed by atoms with Crippen LogP contribution in [0.25, 0.3) is 0 Å². The molecule has 6 heteroatoms. The van der Waals surface area contributed by atoms with Crippen molar-refractivity contribution in [3.05, 3.63) is 41.6 Å². The molecule has 1 atom stereocenters. The summed E-state index contributed by atoms with van der Waals surface area (Å²) in [4.78, 5) is 16.8. The molecular weight excluding hydrogens is 304 g/mol. The van der Waals surface area contributed by atoms with Crippen LogP contribution < -0.4 is 9.64 Å². The first-order valence-electron chi connectivity index (χ1n) is 8.15. The third kappa shape index (κ3) is 3.14. The zero-order valence-corrected chi connectivity index (χ0v) is 14.7. The molecule has 128 valence electrons. The molecule has 0 bridgehead atoms. The fourth-order valence-electron chi connectivity index (χ4n) is 3.28. The maximum Gasteiger partial charge on any atom is 0.245 e. The molecule has 3 rings (SSSR count). The maximum absolute atomic E-state index is 12.8. The van der Waals surface area contributed by atoms with E-state index in [2.05, 4.69) is 10.00 Å². The van der Waals surface area contributed by atoms with Crippen LogP contribution in [0.4, 0.5) is 5.82 Å². The van der Waals surface area contributed by atoms with Crippen molar-refractivity contribution in [2.45, 2.75) is 25.9 Å². The molecule has 1 amide bonds. The number of carbonyl (C=O) groups excluding carboxylic acids is 1. The van der Waals surface area contributed by atoms with Gasteiger partial charge in [-0.05, 0) is 38.1 Å². The first-order valence-corrected chi connectivity index (χ1v) is 8.15. The number of likely N-dealkylation sites (N-methyl/N-ethyl adjacent to an activating group) is 1. The van der Waals surface area contributed by atoms with Crippen LogP contribution in [-0.2, 0) is 18.4 Å². The highest BCUT2D eigenvalue weighted by Gasteiger charge is 2.36. The van der Waals surface area contributed by atoms with E-state index in [1.165, 1.54) is 5.56 Å². The van der Waals surface area contributed by atoms with E-state index >= 15 is 0 Å². The molecule has 1 aromatic heterocycles. The molecule has 0 saturated carbocycles. The van der Waals surface area contributed by atoms with Gasteiger partial charge in [0.15, 0.2) is 0 Å². The zero-order chi connectivity index (χ0) is 17.3. The zero-order valence-electron chi connectivity index (χ0n) is 14.7. The quantitative estimate of drug-likeness (QED) is 0.842. The van der Waals surface area contributed by atoms with Gasteiger partial charge in [-0.15, -0.1) is 0 Å². The molecule has 24 heavy (non-hydrogen) atoms. The van der Waals surface area contributed by atoms with Gasteiger partial charge in [-0.25, -0.2) is 0 Å². The van der Waals surface area contributed by atoms with Gasteiger partial charge in [-0.3, -0.25) is 19.3 Å². The molecule has 0 spiro atoms. The van der Waals surface area contributed by atoms with E-state index in [9.17, 15) is 4.79 Å². The van der Waals surface area contributed by atoms with Crippen LogP contribution in [0, 0.1) is 6.92 Å². The van der Waals surface area contributed by atoms with Gasteiger partial charge in [0.1, 0.15) is 11.6 Å². The monoisotopic (exact) mass is 328 g/mol. The number of hydrogen-bond donors (Lipinski definition) is 0. The summed E-state index contributed by atoms with van der Waals surface area (Å²) >= 11 is 0. The number of anilines is 1. The van der Waals surface area contributed by atoms with Gasteiger partial charge in [0.05, 0.1) is 18.8 Å². The van der Waals surface area contributed by atoms with Gasteiger partial charge in [-0.1, -0.05) is 12.1 Å². The molecule has 0 aliphatic carbocycles. The standard InChI is InChI=1S/C18H24N4O2/c1-13-11-17(21(3)19-13)22-10-9-16(18(22)23)20(2)12-14-5-7-15(24-4)8-6-14/h5-8,11,16H,9-10,12H2,1-4H3. The fraction of sp³-hybridized carbons (Fsp3) is 0.444. The number of carbonyl (C=O) groups is 1. The number of methoxy groups -OCH3 is 1. The van der Waals surface area contributed by atoms with Gasteiger partial charge in [0.2, 0.25) is 5.91 Å². The average Bonchev–Trinajstić information content (AvgIpc) is 3.09. The summed E-state index contributed by atoms with van der Waals surface area (Å²) in [5.74, 6) is 1.86. The van der Waals surface area contributed by atoms with E-state index in [-0.39, 0.29) is 11.9 Å². The molecule has 1 aliphatic heterocycles. The summed E-state index contributed by atoms with van der Waals surface area (Å²) in [6, 6.07) is 9.84. The minimum absolute atomic E-state index is 0.0951. The summed E-state index contributed by atoms with van der Waals surface area (Å²) in [6.45, 7) is 3.41. The highest BCUT2D eigenvalue weighted by Crippen LogP contribution is 2.25. The van der Waals surface area contributed by atoms with Crippen LogP contribution in [0.5, 0.6) is 5.75 Å². The van der Waals surface area contributed by atoms with Gasteiger partial charge in [0.25, 0.3) is 0 Å². The second-order valence-corrected chi connectivity index (χ2v) is 6.33. The van der Waals surface area contributed by atoms with Crippen molar-refractivity contribution < 1.29 is 9.53 Å². The molecule has 1 aliphatic rings. The Hall–Kier alpha value is -2.34. The number of aromatic nitrogens is 2. The van der Waals surface area contributed by atoms with Crippen molar-refractivity contribution in [3.8, 4) is 5.75 Å². The summed E-state index contributed by atoms with van der Waals surface area (Å²) in [5, 5.41) is 4.34. The van der Waals surface area contributed by atoms with Crippen molar-refractivity contribution in [2.75, 3.05) is 25.6 Å². The molecule has 6 nitrogen and oxygen atoms in total. The molecule has 1 unspecified atom stereocenters. The normalized spacial score (nSPS) is 17.8. The Morgan fingerprint density at radius 2 is 2.04 bits per heavy atom. The van der Waals surface area contributed by atoms with Gasteiger partial charge >= 0.3 is 0 Å². The highest BCUT2D eigenvalue weighted by molar-refractivity contribution is 5.98. The van der Waals surface area contributed by atoms with Gasteiger partial charge in [0, 0.05) is 26.2 Å². The van der Waals surface area contributed by atoms with Gasteiger partial charge in [-0.2, -0.15) is 5.10 Å². The Bertz CT molecular complexity index is 723. The molecule has 2 heterocycles. The SMILES string of the molecule is COc1ccc(CN(C)C2CCN(c3cc(C)nn3C)C2=O)cc1. The number of benzene rings is 1. The van der Waals surface area contributed by atoms with Crippen molar-refractivity contribution in [2.24, 2.45) is 7.05 Å². The number of ether oxygens (including phenoxy) is 1. The van der Waals surface area contributed by atoms with E-state index in [0.717, 1.165) is 36.8 Å². The van der Waals surface area contributed by atoms with Crippen LogP contribution >= 0.6 is 0 Å². The Morgan fingerprint density at radius 3 is 2.62 bits per heavy atom. The van der Waals surface area contributed by atoms with E-state index in [1.807, 2.05) is 56.3 Å². The third-order valence-corrected chi connectivity index (χ3v) is 4.55. The van der Waals surface area contributed by atoms with E-state index in [1.54, 1.807) is 11.8 Å². The highest BCUT2D eigenvalue weighted by atomic mass is 16.5. The van der Waals surface area contributed by atoms with Crippen LogP contribution in [0.15, 0.2) is 30.3 Å². The second kappa shape index (κ2) is 6.65. The number of amides is 1. The largest absolute Gasteiger partial charge is 0.497 e. The Labute approximate surface area is 142 Å². The van der Waals surface area contributed by atoms with Crippen molar-refractivity contribution in [1.82, 2.24) is 14.7 Å². The molecule has 1 saturated heterocycles. The van der Waals surface area contributed by atoms with E-state index in [4.69, 9.17) is 4.74 Å². The van der Waals surface area contributed by atoms with E-state index in [0.29, 0.717) is 0 Å². The first-order chi connectivity index (χ1) is 11.5. The van der Waals surface area contributed by atoms with Crippen LogP contribution in [0.1, 0.15) is 17.7 Å². The fourth-order valence-corrected chi connectivity index (χ4v) is 3.28. The predicted octanol–water partition coefficient (Wildman–Crippen LogP) is 1.97. The van der Waals surface area contributed by atoms with Gasteiger partial charge < -0.3 is 4.74 Å².